The van der Waals surface area contributed by atoms with E-state index in [-0.39, 0.29) is 5.91 Å². The zero-order chi connectivity index (χ0) is 18.8. The Morgan fingerprint density at radius 2 is 1.81 bits per heavy atom. The smallest absolute Gasteiger partial charge is 0.251 e. The van der Waals surface area contributed by atoms with Crippen molar-refractivity contribution in [2.45, 2.75) is 13.5 Å². The van der Waals surface area contributed by atoms with Crippen molar-refractivity contribution in [1.29, 1.82) is 0 Å². The lowest BCUT2D eigenvalue weighted by Gasteiger charge is -2.08. The molecule has 0 unspecified atom stereocenters. The fourth-order valence-corrected chi connectivity index (χ4v) is 3.67. The number of fused-ring (bicyclic) bond motifs is 1. The van der Waals surface area contributed by atoms with Gasteiger partial charge >= 0.3 is 0 Å². The van der Waals surface area contributed by atoms with Crippen molar-refractivity contribution in [1.82, 2.24) is 10.3 Å². The molecule has 1 heterocycles. The summed E-state index contributed by atoms with van der Waals surface area (Å²) >= 11 is 1.47. The summed E-state index contributed by atoms with van der Waals surface area (Å²) in [5, 5.41) is 3.54. The Morgan fingerprint density at radius 3 is 2.63 bits per heavy atom. The van der Waals surface area contributed by atoms with Crippen LogP contribution in [0.2, 0.25) is 0 Å². The van der Waals surface area contributed by atoms with Gasteiger partial charge in [0.15, 0.2) is 5.13 Å². The summed E-state index contributed by atoms with van der Waals surface area (Å²) < 4.78 is 1.06. The molecule has 3 aromatic carbocycles. The lowest BCUT2D eigenvalue weighted by Crippen LogP contribution is -2.22. The van der Waals surface area contributed by atoms with Crippen molar-refractivity contribution in [3.05, 3.63) is 83.4 Å². The maximum Gasteiger partial charge on any atom is 0.251 e. The van der Waals surface area contributed by atoms with E-state index in [0.717, 1.165) is 26.9 Å². The molecule has 5 heteroatoms. The monoisotopic (exact) mass is 373 g/mol. The Balaban J connectivity index is 1.53. The van der Waals surface area contributed by atoms with Crippen molar-refractivity contribution in [3.63, 3.8) is 0 Å². The number of hydrogen-bond acceptors (Lipinski definition) is 4. The number of anilines is 1. The van der Waals surface area contributed by atoms with E-state index in [0.29, 0.717) is 17.2 Å². The fourth-order valence-electron chi connectivity index (χ4n) is 2.96. The highest BCUT2D eigenvalue weighted by Gasteiger charge is 2.09. The number of carbonyl (C=O) groups is 1. The molecule has 4 aromatic rings. The first-order chi connectivity index (χ1) is 13.1. The number of carbonyl (C=O) groups excluding carboxylic acids is 1. The molecule has 0 aliphatic heterocycles. The molecule has 0 aliphatic rings. The van der Waals surface area contributed by atoms with Gasteiger partial charge in [-0.15, -0.1) is 0 Å². The van der Waals surface area contributed by atoms with Gasteiger partial charge in [0.1, 0.15) is 0 Å². The molecule has 0 spiro atoms. The highest BCUT2D eigenvalue weighted by molar-refractivity contribution is 7.22. The number of nitrogens with two attached hydrogens (primary N) is 1. The van der Waals surface area contributed by atoms with Crippen LogP contribution in [0.4, 0.5) is 5.13 Å². The molecule has 0 atom stereocenters. The number of aryl methyl sites for hydroxylation is 1. The van der Waals surface area contributed by atoms with E-state index in [4.69, 9.17) is 5.73 Å². The summed E-state index contributed by atoms with van der Waals surface area (Å²) in [5.41, 5.74) is 11.6. The summed E-state index contributed by atoms with van der Waals surface area (Å²) in [6.45, 7) is 2.55. The Labute approximate surface area is 161 Å². The van der Waals surface area contributed by atoms with Gasteiger partial charge in [-0.3, -0.25) is 4.79 Å². The molecule has 4 rings (SSSR count). The lowest BCUT2D eigenvalue weighted by atomic mass is 10.0. The highest BCUT2D eigenvalue weighted by atomic mass is 32.1. The number of benzene rings is 3. The summed E-state index contributed by atoms with van der Waals surface area (Å²) in [6.07, 6.45) is 0. The number of nitrogens with one attached hydrogen (secondary N) is 1. The number of amides is 1. The third kappa shape index (κ3) is 3.83. The van der Waals surface area contributed by atoms with Crippen LogP contribution in [0.15, 0.2) is 66.7 Å². The van der Waals surface area contributed by atoms with Crippen LogP contribution in [0.1, 0.15) is 21.5 Å². The molecule has 3 N–H and O–H groups in total. The molecule has 4 nitrogen and oxygen atoms in total. The second-order valence-electron chi connectivity index (χ2n) is 6.48. The summed E-state index contributed by atoms with van der Waals surface area (Å²) in [6, 6.07) is 21.8. The number of hydrogen-bond donors (Lipinski definition) is 2. The Kier molecular flexibility index (Phi) is 4.60. The molecule has 1 amide bonds. The molecule has 134 valence electrons. The van der Waals surface area contributed by atoms with Crippen LogP contribution in [0, 0.1) is 6.92 Å². The second-order valence-corrected chi connectivity index (χ2v) is 7.55. The predicted molar refractivity (Wildman–Crippen MR) is 112 cm³/mol. The first-order valence-electron chi connectivity index (χ1n) is 8.69. The first kappa shape index (κ1) is 17.2. The van der Waals surface area contributed by atoms with Crippen LogP contribution in [-0.2, 0) is 6.54 Å². The third-order valence-electron chi connectivity index (χ3n) is 4.44. The molecule has 0 radical (unpaired) electrons. The molecule has 0 saturated carbocycles. The summed E-state index contributed by atoms with van der Waals surface area (Å²) in [4.78, 5) is 16.9. The molecule has 0 fully saturated rings. The van der Waals surface area contributed by atoms with Gasteiger partial charge < -0.3 is 11.1 Å². The molecule has 0 aliphatic carbocycles. The molecule has 0 bridgehead atoms. The maximum absolute atomic E-state index is 12.5. The molecule has 0 saturated heterocycles. The van der Waals surface area contributed by atoms with Gasteiger partial charge in [0.25, 0.3) is 5.91 Å². The van der Waals surface area contributed by atoms with Crippen LogP contribution < -0.4 is 11.1 Å². The van der Waals surface area contributed by atoms with Crippen LogP contribution in [0.25, 0.3) is 21.3 Å². The maximum atomic E-state index is 12.5. The Morgan fingerprint density at radius 1 is 1.04 bits per heavy atom. The average Bonchev–Trinajstić information content (AvgIpc) is 3.06. The van der Waals surface area contributed by atoms with Crippen LogP contribution in [0.3, 0.4) is 0 Å². The van der Waals surface area contributed by atoms with Crippen molar-refractivity contribution >= 4 is 32.6 Å². The molecular formula is C22H19N3OS. The van der Waals surface area contributed by atoms with Gasteiger partial charge in [-0.05, 0) is 47.9 Å². The predicted octanol–water partition coefficient (Wildman–Crippen LogP) is 4.78. The van der Waals surface area contributed by atoms with Gasteiger partial charge in [0.05, 0.1) is 10.2 Å². The standard InChI is InChI=1S/C22H19N3OS/c1-14-5-7-15(8-6-14)13-24-21(26)18-4-2-3-16(11-18)17-9-10-20-19(12-17)25-22(23)27-20/h2-12H,13H2,1H3,(H2,23,25)(H,24,26). The largest absolute Gasteiger partial charge is 0.375 e. The van der Waals surface area contributed by atoms with E-state index in [9.17, 15) is 4.79 Å². The van der Waals surface area contributed by atoms with Crippen molar-refractivity contribution in [2.75, 3.05) is 5.73 Å². The Hall–Kier alpha value is -3.18. The fraction of sp³-hybridized carbons (Fsp3) is 0.0909. The quantitative estimate of drug-likeness (QED) is 0.541. The number of aromatic nitrogens is 1. The number of thiazole rings is 1. The van der Waals surface area contributed by atoms with Crippen LogP contribution in [0.5, 0.6) is 0 Å². The minimum atomic E-state index is -0.0867. The average molecular weight is 373 g/mol. The van der Waals surface area contributed by atoms with E-state index in [1.165, 1.54) is 16.9 Å². The van der Waals surface area contributed by atoms with Crippen molar-refractivity contribution in [3.8, 4) is 11.1 Å². The molecule has 1 aromatic heterocycles. The number of nitrogen functional groups attached to an aromatic ring is 1. The third-order valence-corrected chi connectivity index (χ3v) is 5.30. The van der Waals surface area contributed by atoms with Gasteiger partial charge in [-0.25, -0.2) is 4.98 Å². The minimum Gasteiger partial charge on any atom is -0.375 e. The number of nitrogens with zero attached hydrogens (tertiary/aromatic N) is 1. The lowest BCUT2D eigenvalue weighted by molar-refractivity contribution is 0.0951. The van der Waals surface area contributed by atoms with Crippen LogP contribution in [-0.4, -0.2) is 10.9 Å². The summed E-state index contributed by atoms with van der Waals surface area (Å²) in [7, 11) is 0. The van der Waals surface area contributed by atoms with E-state index in [1.54, 1.807) is 0 Å². The van der Waals surface area contributed by atoms with Gasteiger partial charge in [-0.1, -0.05) is 59.4 Å². The topological polar surface area (TPSA) is 68.0 Å². The highest BCUT2D eigenvalue weighted by Crippen LogP contribution is 2.29. The van der Waals surface area contributed by atoms with E-state index < -0.39 is 0 Å². The van der Waals surface area contributed by atoms with E-state index in [1.807, 2.05) is 73.7 Å². The zero-order valence-electron chi connectivity index (χ0n) is 14.9. The second kappa shape index (κ2) is 7.21. The van der Waals surface area contributed by atoms with Crippen molar-refractivity contribution < 1.29 is 4.79 Å². The van der Waals surface area contributed by atoms with E-state index in [2.05, 4.69) is 10.3 Å². The number of rotatable bonds is 4. The first-order valence-corrected chi connectivity index (χ1v) is 9.50. The van der Waals surface area contributed by atoms with Crippen LogP contribution >= 0.6 is 11.3 Å². The van der Waals surface area contributed by atoms with Gasteiger partial charge in [-0.2, -0.15) is 0 Å². The van der Waals surface area contributed by atoms with Gasteiger partial charge in [0, 0.05) is 12.1 Å². The zero-order valence-corrected chi connectivity index (χ0v) is 15.7. The Bertz CT molecular complexity index is 1120. The van der Waals surface area contributed by atoms with Gasteiger partial charge in [0.2, 0.25) is 0 Å². The SMILES string of the molecule is Cc1ccc(CNC(=O)c2cccc(-c3ccc4sc(N)nc4c3)c2)cc1. The van der Waals surface area contributed by atoms with E-state index >= 15 is 0 Å². The molecular weight excluding hydrogens is 354 g/mol. The summed E-state index contributed by atoms with van der Waals surface area (Å²) in [5.74, 6) is -0.0867. The van der Waals surface area contributed by atoms with Crippen molar-refractivity contribution in [2.24, 2.45) is 0 Å². The minimum absolute atomic E-state index is 0.0867. The normalized spacial score (nSPS) is 10.9. The molecule has 27 heavy (non-hydrogen) atoms.